The van der Waals surface area contributed by atoms with Crippen molar-refractivity contribution < 1.29 is 38.0 Å². The number of fused-ring (bicyclic) bond motifs is 1. The summed E-state index contributed by atoms with van der Waals surface area (Å²) >= 11 is 6.45. The van der Waals surface area contributed by atoms with Gasteiger partial charge in [0, 0.05) is 15.8 Å². The summed E-state index contributed by atoms with van der Waals surface area (Å²) in [5, 5.41) is 0.926. The summed E-state index contributed by atoms with van der Waals surface area (Å²) in [4.78, 5) is 26.4. The Balaban J connectivity index is 1.47. The summed E-state index contributed by atoms with van der Waals surface area (Å²) in [6, 6.07) is 40.7. The van der Waals surface area contributed by atoms with E-state index in [9.17, 15) is 9.59 Å². The third-order valence-corrected chi connectivity index (χ3v) is 7.02. The molecule has 234 valence electrons. The lowest BCUT2D eigenvalue weighted by atomic mass is 10.1. The predicted molar refractivity (Wildman–Crippen MR) is 176 cm³/mol. The molecule has 6 rings (SSSR count). The van der Waals surface area contributed by atoms with Gasteiger partial charge in [-0.25, -0.2) is 9.59 Å². The van der Waals surface area contributed by atoms with Crippen LogP contribution in [0.3, 0.4) is 0 Å². The second-order valence-corrected chi connectivity index (χ2v) is 10.5. The lowest BCUT2D eigenvalue weighted by Gasteiger charge is -2.21. The fraction of sp³-hybridized carbons (Fsp3) is 0.0526. The summed E-state index contributed by atoms with van der Waals surface area (Å²) in [5.41, 5.74) is 1.54. The number of halogens is 1. The standard InChI is InChI=1S/C38H27ClO8/c39-28-21-22-31-32(23-28)34(47-38(41)43-25-27-15-7-2-8-16-27)36(45-30-19-11-4-12-20-30)35(44-29-17-9-3-10-18-29)33(31)46-37(40)42-24-26-13-5-1-6-14-26/h1-23H,24-25H2. The van der Waals surface area contributed by atoms with Crippen molar-refractivity contribution in [2.24, 2.45) is 0 Å². The van der Waals surface area contributed by atoms with Gasteiger partial charge in [0.25, 0.3) is 0 Å². The molecule has 0 spiro atoms. The van der Waals surface area contributed by atoms with Crippen LogP contribution in [0.5, 0.6) is 34.5 Å². The molecular weight excluding hydrogens is 620 g/mol. The van der Waals surface area contributed by atoms with Crippen molar-refractivity contribution in [3.05, 3.63) is 156 Å². The Morgan fingerprint density at radius 2 is 0.872 bits per heavy atom. The summed E-state index contributed by atoms with van der Waals surface area (Å²) in [6.45, 7) is -0.0603. The number of para-hydroxylation sites is 2. The van der Waals surface area contributed by atoms with Crippen molar-refractivity contribution in [3.8, 4) is 34.5 Å². The smallest absolute Gasteiger partial charge is 0.449 e. The third kappa shape index (κ3) is 8.00. The van der Waals surface area contributed by atoms with E-state index in [-0.39, 0.29) is 41.6 Å². The van der Waals surface area contributed by atoms with Gasteiger partial charge in [-0.15, -0.1) is 0 Å². The number of rotatable bonds is 10. The van der Waals surface area contributed by atoms with Crippen LogP contribution in [0.2, 0.25) is 5.02 Å². The zero-order valence-corrected chi connectivity index (χ0v) is 25.6. The van der Waals surface area contributed by atoms with E-state index in [1.54, 1.807) is 66.7 Å². The topological polar surface area (TPSA) is 89.5 Å². The van der Waals surface area contributed by atoms with Gasteiger partial charge in [-0.1, -0.05) is 109 Å². The van der Waals surface area contributed by atoms with Gasteiger partial charge >= 0.3 is 12.3 Å². The number of ether oxygens (including phenoxy) is 6. The molecule has 0 heterocycles. The molecule has 0 amide bonds. The second kappa shape index (κ2) is 14.9. The van der Waals surface area contributed by atoms with Crippen LogP contribution < -0.4 is 18.9 Å². The van der Waals surface area contributed by atoms with Crippen molar-refractivity contribution in [3.63, 3.8) is 0 Å². The normalized spacial score (nSPS) is 10.6. The van der Waals surface area contributed by atoms with E-state index >= 15 is 0 Å². The van der Waals surface area contributed by atoms with Gasteiger partial charge in [0.05, 0.1) is 0 Å². The maximum Gasteiger partial charge on any atom is 0.514 e. The average molecular weight is 647 g/mol. The molecule has 0 atom stereocenters. The van der Waals surface area contributed by atoms with Gasteiger partial charge in [0.1, 0.15) is 24.7 Å². The number of carbonyl (C=O) groups excluding carboxylic acids is 2. The SMILES string of the molecule is O=C(OCc1ccccc1)Oc1c(Oc2ccccc2)c(Oc2ccccc2)c(OC(=O)OCc2ccccc2)c2cc(Cl)ccc12. The lowest BCUT2D eigenvalue weighted by molar-refractivity contribution is 0.0899. The Labute approximate surface area is 275 Å². The van der Waals surface area contributed by atoms with Crippen molar-refractivity contribution >= 4 is 34.7 Å². The van der Waals surface area contributed by atoms with Crippen molar-refractivity contribution in [2.45, 2.75) is 13.2 Å². The molecule has 8 nitrogen and oxygen atoms in total. The first-order valence-corrected chi connectivity index (χ1v) is 14.9. The van der Waals surface area contributed by atoms with E-state index in [0.29, 0.717) is 21.9 Å². The van der Waals surface area contributed by atoms with Crippen LogP contribution in [0, 0.1) is 0 Å². The number of carbonyl (C=O) groups is 2. The molecule has 0 aliphatic carbocycles. The first-order valence-electron chi connectivity index (χ1n) is 14.6. The Morgan fingerprint density at radius 1 is 0.468 bits per heavy atom. The fourth-order valence-electron chi connectivity index (χ4n) is 4.61. The maximum atomic E-state index is 13.2. The minimum atomic E-state index is -1.00. The molecule has 0 saturated heterocycles. The van der Waals surface area contributed by atoms with Gasteiger partial charge in [0.15, 0.2) is 11.5 Å². The van der Waals surface area contributed by atoms with Gasteiger partial charge in [-0.2, -0.15) is 0 Å². The quantitative estimate of drug-likeness (QED) is 0.107. The molecule has 0 aromatic heterocycles. The van der Waals surface area contributed by atoms with Crippen LogP contribution in [-0.2, 0) is 22.7 Å². The Kier molecular flexibility index (Phi) is 9.81. The van der Waals surface area contributed by atoms with Crippen LogP contribution in [0.1, 0.15) is 11.1 Å². The van der Waals surface area contributed by atoms with Gasteiger partial charge < -0.3 is 28.4 Å². The van der Waals surface area contributed by atoms with E-state index in [4.69, 9.17) is 40.0 Å². The molecule has 0 N–H and O–H groups in total. The van der Waals surface area contributed by atoms with Crippen molar-refractivity contribution in [1.29, 1.82) is 0 Å². The van der Waals surface area contributed by atoms with Gasteiger partial charge in [0.2, 0.25) is 11.5 Å². The monoisotopic (exact) mass is 646 g/mol. The van der Waals surface area contributed by atoms with Crippen molar-refractivity contribution in [2.75, 3.05) is 0 Å². The molecule has 0 aliphatic rings. The summed E-state index contributed by atoms with van der Waals surface area (Å²) in [5.74, 6) is 0.523. The molecule has 9 heteroatoms. The zero-order valence-electron chi connectivity index (χ0n) is 24.8. The van der Waals surface area contributed by atoms with E-state index in [1.807, 2.05) is 72.8 Å². The molecule has 0 radical (unpaired) electrons. The molecule has 0 aliphatic heterocycles. The average Bonchev–Trinajstić information content (AvgIpc) is 3.11. The van der Waals surface area contributed by atoms with Crippen molar-refractivity contribution in [1.82, 2.24) is 0 Å². The van der Waals surface area contributed by atoms with Crippen LogP contribution in [-0.4, -0.2) is 12.3 Å². The van der Waals surface area contributed by atoms with Crippen LogP contribution in [0.25, 0.3) is 10.8 Å². The van der Waals surface area contributed by atoms with Crippen LogP contribution >= 0.6 is 11.6 Å². The van der Waals surface area contributed by atoms with E-state index in [1.165, 1.54) is 0 Å². The minimum absolute atomic E-state index is 0.0276. The number of hydrogen-bond acceptors (Lipinski definition) is 8. The molecule has 0 fully saturated rings. The number of hydrogen-bond donors (Lipinski definition) is 0. The molecule has 0 saturated carbocycles. The Morgan fingerprint density at radius 3 is 1.32 bits per heavy atom. The molecule has 0 unspecified atom stereocenters. The predicted octanol–water partition coefficient (Wildman–Crippen LogP) is 10.5. The van der Waals surface area contributed by atoms with E-state index in [2.05, 4.69) is 0 Å². The third-order valence-electron chi connectivity index (χ3n) is 6.79. The highest BCUT2D eigenvalue weighted by Crippen LogP contribution is 2.54. The Bertz CT molecular complexity index is 1970. The van der Waals surface area contributed by atoms with Crippen LogP contribution in [0.4, 0.5) is 9.59 Å². The summed E-state index contributed by atoms with van der Waals surface area (Å²) in [7, 11) is 0. The zero-order chi connectivity index (χ0) is 32.4. The highest BCUT2D eigenvalue weighted by Gasteiger charge is 2.30. The Hall–Kier alpha value is -5.99. The maximum absolute atomic E-state index is 13.2. The number of benzene rings is 6. The molecule has 6 aromatic carbocycles. The van der Waals surface area contributed by atoms with E-state index < -0.39 is 12.3 Å². The van der Waals surface area contributed by atoms with Gasteiger partial charge in [-0.05, 0) is 53.6 Å². The second-order valence-electron chi connectivity index (χ2n) is 10.1. The largest absolute Gasteiger partial charge is 0.514 e. The van der Waals surface area contributed by atoms with Crippen LogP contribution in [0.15, 0.2) is 140 Å². The minimum Gasteiger partial charge on any atom is -0.449 e. The van der Waals surface area contributed by atoms with E-state index in [0.717, 1.165) is 11.1 Å². The first kappa shape index (κ1) is 31.0. The summed E-state index contributed by atoms with van der Waals surface area (Å²) in [6.07, 6.45) is -2.00. The first-order chi connectivity index (χ1) is 23.0. The highest BCUT2D eigenvalue weighted by atomic mass is 35.5. The summed E-state index contributed by atoms with van der Waals surface area (Å²) < 4.78 is 35.3. The fourth-order valence-corrected chi connectivity index (χ4v) is 4.78. The molecule has 0 bridgehead atoms. The molecular formula is C38H27ClO8. The molecule has 6 aromatic rings. The lowest BCUT2D eigenvalue weighted by Crippen LogP contribution is -2.14. The molecule has 47 heavy (non-hydrogen) atoms. The highest BCUT2D eigenvalue weighted by molar-refractivity contribution is 6.31. The van der Waals surface area contributed by atoms with Gasteiger partial charge in [-0.3, -0.25) is 0 Å².